The smallest absolute Gasteiger partial charge is 0.223 e. The topological polar surface area (TPSA) is 66.5 Å². The van der Waals surface area contributed by atoms with Gasteiger partial charge in [0.15, 0.2) is 0 Å². The summed E-state index contributed by atoms with van der Waals surface area (Å²) in [5.74, 6) is -0.766. The number of anilines is 1. The average Bonchev–Trinajstić information content (AvgIpc) is 2.57. The number of carbonyl (C=O) groups excluding carboxylic acids is 1. The van der Waals surface area contributed by atoms with Gasteiger partial charge in [-0.05, 0) is 30.2 Å². The molecule has 0 spiro atoms. The minimum atomic E-state index is -3.45. The van der Waals surface area contributed by atoms with E-state index in [2.05, 4.69) is 4.72 Å². The quantitative estimate of drug-likeness (QED) is 0.782. The van der Waals surface area contributed by atoms with Crippen molar-refractivity contribution in [1.82, 2.24) is 4.72 Å². The van der Waals surface area contributed by atoms with Crippen LogP contribution in [-0.2, 0) is 21.2 Å². The molecular weight excluding hydrogens is 343 g/mol. The molecule has 7 heteroatoms. The number of benzene rings is 2. The van der Waals surface area contributed by atoms with E-state index in [1.54, 1.807) is 6.07 Å². The molecule has 0 aliphatic rings. The summed E-state index contributed by atoms with van der Waals surface area (Å²) >= 11 is 0. The zero-order chi connectivity index (χ0) is 18.3. The summed E-state index contributed by atoms with van der Waals surface area (Å²) < 4.78 is 39.9. The Labute approximate surface area is 147 Å². The molecule has 0 unspecified atom stereocenters. The number of hydrogen-bond acceptors (Lipinski definition) is 3. The number of aryl methyl sites for hydroxylation is 1. The van der Waals surface area contributed by atoms with Crippen molar-refractivity contribution in [3.05, 3.63) is 66.0 Å². The molecule has 0 aliphatic carbocycles. The van der Waals surface area contributed by atoms with Crippen molar-refractivity contribution < 1.29 is 17.6 Å². The van der Waals surface area contributed by atoms with Crippen LogP contribution in [-0.4, -0.2) is 33.2 Å². The molecule has 5 nitrogen and oxygen atoms in total. The molecule has 0 saturated heterocycles. The number of halogens is 1. The third kappa shape index (κ3) is 6.28. The van der Waals surface area contributed by atoms with E-state index in [-0.39, 0.29) is 24.7 Å². The third-order valence-electron chi connectivity index (χ3n) is 3.66. The van der Waals surface area contributed by atoms with Gasteiger partial charge in [0, 0.05) is 25.7 Å². The molecule has 0 radical (unpaired) electrons. The first kappa shape index (κ1) is 19.1. The molecule has 0 saturated carbocycles. The number of carbonyl (C=O) groups is 1. The molecule has 1 amide bonds. The Morgan fingerprint density at radius 3 is 2.48 bits per heavy atom. The van der Waals surface area contributed by atoms with Crippen LogP contribution in [0.3, 0.4) is 0 Å². The SMILES string of the molecule is CC(=O)N(CCNS(=O)(=O)CCc1ccccc1)c1cccc(F)c1. The first-order valence-corrected chi connectivity index (χ1v) is 9.57. The van der Waals surface area contributed by atoms with E-state index in [1.165, 1.54) is 30.0 Å². The van der Waals surface area contributed by atoms with Crippen LogP contribution in [0.25, 0.3) is 0 Å². The maximum atomic E-state index is 13.3. The zero-order valence-electron chi connectivity index (χ0n) is 14.0. The normalized spacial score (nSPS) is 11.3. The molecule has 0 atom stereocenters. The maximum absolute atomic E-state index is 13.3. The number of sulfonamides is 1. The second-order valence-electron chi connectivity index (χ2n) is 5.60. The van der Waals surface area contributed by atoms with E-state index in [9.17, 15) is 17.6 Å². The van der Waals surface area contributed by atoms with Gasteiger partial charge in [-0.3, -0.25) is 4.79 Å². The highest BCUT2D eigenvalue weighted by Gasteiger charge is 2.15. The first-order chi connectivity index (χ1) is 11.9. The number of rotatable bonds is 8. The zero-order valence-corrected chi connectivity index (χ0v) is 14.8. The summed E-state index contributed by atoms with van der Waals surface area (Å²) in [6, 6.07) is 15.0. The second kappa shape index (κ2) is 8.73. The monoisotopic (exact) mass is 364 g/mol. The van der Waals surface area contributed by atoms with Gasteiger partial charge in [0.05, 0.1) is 5.75 Å². The third-order valence-corrected chi connectivity index (χ3v) is 5.05. The van der Waals surface area contributed by atoms with Crippen molar-refractivity contribution in [2.75, 3.05) is 23.7 Å². The molecular formula is C18H21FN2O3S. The summed E-state index contributed by atoms with van der Waals surface area (Å²) in [5.41, 5.74) is 1.34. The van der Waals surface area contributed by atoms with Crippen LogP contribution in [0, 0.1) is 5.82 Å². The van der Waals surface area contributed by atoms with E-state index in [4.69, 9.17) is 0 Å². The highest BCUT2D eigenvalue weighted by atomic mass is 32.2. The van der Waals surface area contributed by atoms with Crippen LogP contribution in [0.1, 0.15) is 12.5 Å². The molecule has 25 heavy (non-hydrogen) atoms. The highest BCUT2D eigenvalue weighted by Crippen LogP contribution is 2.15. The van der Waals surface area contributed by atoms with Crippen molar-refractivity contribution in [2.24, 2.45) is 0 Å². The molecule has 0 aromatic heterocycles. The van der Waals surface area contributed by atoms with Crippen molar-refractivity contribution >= 4 is 21.6 Å². The standard InChI is InChI=1S/C18H21FN2O3S/c1-15(22)21(18-9-5-8-17(19)14-18)12-11-20-25(23,24)13-10-16-6-3-2-4-7-16/h2-9,14,20H,10-13H2,1H3. The van der Waals surface area contributed by atoms with E-state index in [1.807, 2.05) is 30.3 Å². The lowest BCUT2D eigenvalue weighted by atomic mass is 10.2. The first-order valence-electron chi connectivity index (χ1n) is 7.92. The molecule has 0 fully saturated rings. The van der Waals surface area contributed by atoms with Crippen molar-refractivity contribution in [1.29, 1.82) is 0 Å². The average molecular weight is 364 g/mol. The molecule has 2 aromatic carbocycles. The van der Waals surface area contributed by atoms with Gasteiger partial charge >= 0.3 is 0 Å². The van der Waals surface area contributed by atoms with Gasteiger partial charge in [0.25, 0.3) is 0 Å². The number of nitrogens with one attached hydrogen (secondary N) is 1. The number of nitrogens with zero attached hydrogens (tertiary/aromatic N) is 1. The Morgan fingerprint density at radius 1 is 1.12 bits per heavy atom. The largest absolute Gasteiger partial charge is 0.311 e. The number of amides is 1. The summed E-state index contributed by atoms with van der Waals surface area (Å²) in [5, 5.41) is 0. The van der Waals surface area contributed by atoms with Crippen LogP contribution < -0.4 is 9.62 Å². The van der Waals surface area contributed by atoms with Crippen LogP contribution in [0.4, 0.5) is 10.1 Å². The van der Waals surface area contributed by atoms with E-state index >= 15 is 0 Å². The predicted octanol–water partition coefficient (Wildman–Crippen LogP) is 2.34. The second-order valence-corrected chi connectivity index (χ2v) is 7.53. The summed E-state index contributed by atoms with van der Waals surface area (Å²) in [6.07, 6.45) is 0.413. The van der Waals surface area contributed by atoms with E-state index in [0.717, 1.165) is 5.56 Å². The fraction of sp³-hybridized carbons (Fsp3) is 0.278. The van der Waals surface area contributed by atoms with Gasteiger partial charge in [-0.1, -0.05) is 36.4 Å². The lowest BCUT2D eigenvalue weighted by Crippen LogP contribution is -2.38. The Morgan fingerprint density at radius 2 is 1.84 bits per heavy atom. The summed E-state index contributed by atoms with van der Waals surface area (Å²) in [7, 11) is -3.45. The minimum absolute atomic E-state index is 0.0307. The lowest BCUT2D eigenvalue weighted by molar-refractivity contribution is -0.116. The maximum Gasteiger partial charge on any atom is 0.223 e. The Balaban J connectivity index is 1.89. The summed E-state index contributed by atoms with van der Waals surface area (Å²) in [4.78, 5) is 13.1. The highest BCUT2D eigenvalue weighted by molar-refractivity contribution is 7.89. The van der Waals surface area contributed by atoms with Gasteiger partial charge in [-0.15, -0.1) is 0 Å². The summed E-state index contributed by atoms with van der Waals surface area (Å²) in [6.45, 7) is 1.55. The van der Waals surface area contributed by atoms with E-state index < -0.39 is 15.8 Å². The van der Waals surface area contributed by atoms with Crippen molar-refractivity contribution in [2.45, 2.75) is 13.3 Å². The number of hydrogen-bond donors (Lipinski definition) is 1. The minimum Gasteiger partial charge on any atom is -0.311 e. The van der Waals surface area contributed by atoms with Crippen molar-refractivity contribution in [3.63, 3.8) is 0 Å². The van der Waals surface area contributed by atoms with Gasteiger partial charge < -0.3 is 4.90 Å². The Bertz CT molecular complexity index is 810. The van der Waals surface area contributed by atoms with Gasteiger partial charge in [-0.2, -0.15) is 0 Å². The molecule has 0 aliphatic heterocycles. The molecule has 2 rings (SSSR count). The Hall–Kier alpha value is -2.25. The Kier molecular flexibility index (Phi) is 6.66. The molecule has 0 bridgehead atoms. The van der Waals surface area contributed by atoms with E-state index in [0.29, 0.717) is 12.1 Å². The van der Waals surface area contributed by atoms with Gasteiger partial charge in [-0.25, -0.2) is 17.5 Å². The van der Waals surface area contributed by atoms with Crippen LogP contribution in [0.15, 0.2) is 54.6 Å². The molecule has 2 aromatic rings. The molecule has 134 valence electrons. The van der Waals surface area contributed by atoms with Gasteiger partial charge in [0.2, 0.25) is 15.9 Å². The lowest BCUT2D eigenvalue weighted by Gasteiger charge is -2.21. The predicted molar refractivity (Wildman–Crippen MR) is 96.4 cm³/mol. The fourth-order valence-electron chi connectivity index (χ4n) is 2.39. The van der Waals surface area contributed by atoms with Gasteiger partial charge in [0.1, 0.15) is 5.82 Å². The molecule has 1 N–H and O–H groups in total. The van der Waals surface area contributed by atoms with Crippen LogP contribution >= 0.6 is 0 Å². The van der Waals surface area contributed by atoms with Crippen molar-refractivity contribution in [3.8, 4) is 0 Å². The van der Waals surface area contributed by atoms with Crippen LogP contribution in [0.2, 0.25) is 0 Å². The van der Waals surface area contributed by atoms with Crippen LogP contribution in [0.5, 0.6) is 0 Å². The molecule has 0 heterocycles. The fourth-order valence-corrected chi connectivity index (χ4v) is 3.45.